The molecule has 0 aliphatic carbocycles. The molecule has 0 N–H and O–H groups in total. The first-order valence-electron chi connectivity index (χ1n) is 21.4. The summed E-state index contributed by atoms with van der Waals surface area (Å²) in [6, 6.07) is 0. The normalized spacial score (nSPS) is 10.3. The van der Waals surface area contributed by atoms with Crippen molar-refractivity contribution in [3.05, 3.63) is 0 Å². The molecule has 0 saturated carbocycles. The molecule has 0 amide bonds. The van der Waals surface area contributed by atoms with Gasteiger partial charge in [0.05, 0.1) is 0 Å². The summed E-state index contributed by atoms with van der Waals surface area (Å²) in [5, 5.41) is 0. The number of hydrogen-bond donors (Lipinski definition) is 0. The van der Waals surface area contributed by atoms with E-state index < -0.39 is 0 Å². The zero-order chi connectivity index (χ0) is 35.8. The minimum atomic E-state index is 0. The van der Waals surface area contributed by atoms with Crippen molar-refractivity contribution in [1.82, 2.24) is 9.80 Å². The Labute approximate surface area is 372 Å². The second-order valence-corrected chi connectivity index (χ2v) is 16.5. The van der Waals surface area contributed by atoms with Crippen LogP contribution in [0.2, 0.25) is 0 Å². The van der Waals surface area contributed by atoms with E-state index in [0.717, 1.165) is 26.2 Å². The monoisotopic (exact) mass is 906 g/mol. The summed E-state index contributed by atoms with van der Waals surface area (Å²) in [6.07, 6.45) is 43.7. The van der Waals surface area contributed by atoms with Crippen molar-refractivity contribution in [3.8, 4) is 0 Å². The van der Waals surface area contributed by atoms with Crippen molar-refractivity contribution in [2.45, 2.75) is 233 Å². The minimum absolute atomic E-state index is 0. The second-order valence-electron chi connectivity index (χ2n) is 14.4. The van der Waals surface area contributed by atoms with Crippen molar-refractivity contribution in [2.75, 3.05) is 26.2 Å². The van der Waals surface area contributed by atoms with Crippen LogP contribution in [0.3, 0.4) is 0 Å². The molecule has 0 atom stereocenters. The van der Waals surface area contributed by atoms with E-state index in [0.29, 0.717) is 8.64 Å². The van der Waals surface area contributed by atoms with Crippen molar-refractivity contribution in [1.29, 1.82) is 0 Å². The second kappa shape index (κ2) is 53.7. The molecule has 2 nitrogen and oxygen atoms in total. The molecule has 310 valence electrons. The molecule has 0 heterocycles. The summed E-state index contributed by atoms with van der Waals surface area (Å²) in [5.41, 5.74) is 0. The summed E-state index contributed by atoms with van der Waals surface area (Å²) in [4.78, 5) is 4.53. The Bertz CT molecular complexity index is 565. The standard InChI is InChI=1S/2C21H43NS2.Mo.2S/c2*1-3-5-7-9-11-13-15-17-19-22(21(23)24)20-18-16-14-12-10-8-6-4-2;;;/h2*3-20H2,1-2H3,(H,23,24);;;/q;;;2*-2/p-2. The van der Waals surface area contributed by atoms with Gasteiger partial charge in [-0.2, -0.15) is 0 Å². The number of hydrogen-bond acceptors (Lipinski definition) is 4. The van der Waals surface area contributed by atoms with E-state index in [-0.39, 0.29) is 48.1 Å². The SMILES string of the molecule is CCCCCCCCCCN(CCCCCCCCCC)C(=S)[S-].CCCCCCCCCCN(CCCCCCCCCC)C(=S)[S-].[Mo].[S-2].[S-2]. The maximum absolute atomic E-state index is 5.25. The third-order valence-corrected chi connectivity index (χ3v) is 10.7. The van der Waals surface area contributed by atoms with Gasteiger partial charge in [-0.05, 0) is 25.7 Å². The van der Waals surface area contributed by atoms with Gasteiger partial charge in [-0.25, -0.2) is 0 Å². The van der Waals surface area contributed by atoms with Gasteiger partial charge in [0.1, 0.15) is 0 Å². The van der Waals surface area contributed by atoms with Crippen LogP contribution in [0.5, 0.6) is 0 Å². The molecule has 0 aromatic heterocycles. The van der Waals surface area contributed by atoms with Gasteiger partial charge in [0.15, 0.2) is 0 Å². The Morgan fingerprint density at radius 1 is 0.314 bits per heavy atom. The fourth-order valence-electron chi connectivity index (χ4n) is 6.33. The molecular formula is C42H84MoN2S6-6. The van der Waals surface area contributed by atoms with Crippen LogP contribution in [0.15, 0.2) is 0 Å². The Morgan fingerprint density at radius 2 is 0.451 bits per heavy atom. The molecule has 0 aliphatic rings. The van der Waals surface area contributed by atoms with E-state index in [4.69, 9.17) is 49.7 Å². The predicted molar refractivity (Wildman–Crippen MR) is 248 cm³/mol. The quantitative estimate of drug-likeness (QED) is 0.0266. The molecule has 51 heavy (non-hydrogen) atoms. The fourth-order valence-corrected chi connectivity index (χ4v) is 7.07. The number of thiocarbonyl (C=S) groups is 2. The van der Waals surface area contributed by atoms with Crippen LogP contribution in [-0.2, 0) is 73.3 Å². The molecule has 9 heteroatoms. The maximum Gasteiger partial charge on any atom is 0.0162 e. The van der Waals surface area contributed by atoms with Crippen molar-refractivity contribution in [2.24, 2.45) is 0 Å². The number of rotatable bonds is 36. The minimum Gasteiger partial charge on any atom is -2.00 e. The van der Waals surface area contributed by atoms with Gasteiger partial charge in [0.25, 0.3) is 0 Å². The topological polar surface area (TPSA) is 6.48 Å². The van der Waals surface area contributed by atoms with Crippen LogP contribution in [0.4, 0.5) is 0 Å². The molecule has 0 aliphatic heterocycles. The van der Waals surface area contributed by atoms with Gasteiger partial charge >= 0.3 is 0 Å². The summed E-state index contributed by atoms with van der Waals surface area (Å²) in [6.45, 7) is 13.4. The predicted octanol–water partition coefficient (Wildman–Crippen LogP) is 14.8. The Morgan fingerprint density at radius 3 is 0.588 bits per heavy atom. The van der Waals surface area contributed by atoms with Crippen LogP contribution in [-0.4, -0.2) is 44.6 Å². The molecule has 0 unspecified atom stereocenters. The fraction of sp³-hybridized carbons (Fsp3) is 0.952. The molecule has 0 spiro atoms. The summed E-state index contributed by atoms with van der Waals surface area (Å²) in [7, 11) is 0. The van der Waals surface area contributed by atoms with Gasteiger partial charge in [-0.1, -0.05) is 216 Å². The molecule has 0 bridgehead atoms. The Kier molecular flexibility index (Phi) is 65.1. The van der Waals surface area contributed by atoms with Gasteiger partial charge in [-0.3, -0.25) is 0 Å². The molecule has 0 radical (unpaired) electrons. The van der Waals surface area contributed by atoms with Crippen LogP contribution < -0.4 is 0 Å². The number of unbranched alkanes of at least 4 members (excludes halogenated alkanes) is 28. The van der Waals surface area contributed by atoms with Crippen LogP contribution in [0, 0.1) is 0 Å². The first kappa shape index (κ1) is 61.8. The molecule has 0 rings (SSSR count). The average molecular weight is 905 g/mol. The van der Waals surface area contributed by atoms with Crippen molar-refractivity contribution in [3.63, 3.8) is 0 Å². The Balaban J connectivity index is -0.000000261. The van der Waals surface area contributed by atoms with E-state index in [1.54, 1.807) is 0 Å². The van der Waals surface area contributed by atoms with E-state index >= 15 is 0 Å². The van der Waals surface area contributed by atoms with Gasteiger partial charge in [0, 0.05) is 47.2 Å². The number of nitrogens with zero attached hydrogens (tertiary/aromatic N) is 2. The third-order valence-electron chi connectivity index (χ3n) is 9.64. The smallest absolute Gasteiger partial charge is 0.0162 e. The summed E-state index contributed by atoms with van der Waals surface area (Å²) < 4.78 is 1.36. The van der Waals surface area contributed by atoms with E-state index in [9.17, 15) is 0 Å². The van der Waals surface area contributed by atoms with Crippen LogP contribution in [0.1, 0.15) is 233 Å². The van der Waals surface area contributed by atoms with Crippen LogP contribution >= 0.6 is 24.4 Å². The molecular weight excluding hydrogens is 821 g/mol. The van der Waals surface area contributed by atoms with E-state index in [1.807, 2.05) is 0 Å². The molecule has 0 aromatic carbocycles. The molecule has 0 fully saturated rings. The summed E-state index contributed by atoms with van der Waals surface area (Å²) >= 11 is 21.0. The average Bonchev–Trinajstić information content (AvgIpc) is 3.07. The first-order chi connectivity index (χ1) is 23.4. The zero-order valence-corrected chi connectivity index (χ0v) is 41.1. The van der Waals surface area contributed by atoms with Crippen molar-refractivity contribution >= 4 is 85.3 Å². The van der Waals surface area contributed by atoms with E-state index in [1.165, 1.54) is 205 Å². The largest absolute Gasteiger partial charge is 2.00 e. The van der Waals surface area contributed by atoms with Gasteiger partial charge in [0.2, 0.25) is 0 Å². The molecule has 0 aromatic rings. The van der Waals surface area contributed by atoms with E-state index in [2.05, 4.69) is 37.5 Å². The summed E-state index contributed by atoms with van der Waals surface area (Å²) in [5.74, 6) is 0. The first-order valence-corrected chi connectivity index (χ1v) is 23.0. The van der Waals surface area contributed by atoms with Crippen LogP contribution in [0.25, 0.3) is 0 Å². The van der Waals surface area contributed by atoms with Gasteiger partial charge in [-0.15, -0.1) is 0 Å². The van der Waals surface area contributed by atoms with Gasteiger partial charge < -0.3 is 86.5 Å². The Hall–Kier alpha value is 1.61. The zero-order valence-electron chi connectivity index (χ0n) is 34.2. The maximum atomic E-state index is 5.25. The molecule has 0 saturated heterocycles. The van der Waals surface area contributed by atoms with Crippen molar-refractivity contribution < 1.29 is 21.1 Å². The third kappa shape index (κ3) is 51.6.